The van der Waals surface area contributed by atoms with Crippen LogP contribution in [0.25, 0.3) is 0 Å². The SMILES string of the molecule is CC(C)(C)n1cnnc1CCCN. The van der Waals surface area contributed by atoms with Crippen LogP contribution in [-0.4, -0.2) is 21.3 Å². The van der Waals surface area contributed by atoms with E-state index in [0.717, 1.165) is 18.7 Å². The monoisotopic (exact) mass is 182 g/mol. The van der Waals surface area contributed by atoms with Gasteiger partial charge in [-0.25, -0.2) is 0 Å². The molecule has 13 heavy (non-hydrogen) atoms. The molecule has 1 heterocycles. The number of hydrogen-bond donors (Lipinski definition) is 1. The first kappa shape index (κ1) is 10.2. The zero-order valence-corrected chi connectivity index (χ0v) is 8.62. The molecule has 1 rings (SSSR count). The molecule has 0 aliphatic rings. The summed E-state index contributed by atoms with van der Waals surface area (Å²) in [7, 11) is 0. The Morgan fingerprint density at radius 1 is 1.46 bits per heavy atom. The van der Waals surface area contributed by atoms with Gasteiger partial charge in [-0.3, -0.25) is 0 Å². The number of aromatic nitrogens is 3. The van der Waals surface area contributed by atoms with Gasteiger partial charge in [0.05, 0.1) is 0 Å². The minimum Gasteiger partial charge on any atom is -0.330 e. The van der Waals surface area contributed by atoms with E-state index >= 15 is 0 Å². The summed E-state index contributed by atoms with van der Waals surface area (Å²) in [4.78, 5) is 0. The molecular weight excluding hydrogens is 164 g/mol. The van der Waals surface area contributed by atoms with Crippen molar-refractivity contribution in [2.24, 2.45) is 5.73 Å². The number of nitrogens with zero attached hydrogens (tertiary/aromatic N) is 3. The fourth-order valence-corrected chi connectivity index (χ4v) is 1.25. The number of nitrogens with two attached hydrogens (primary N) is 1. The molecule has 4 nitrogen and oxygen atoms in total. The summed E-state index contributed by atoms with van der Waals surface area (Å²) < 4.78 is 2.10. The molecule has 0 saturated carbocycles. The highest BCUT2D eigenvalue weighted by atomic mass is 15.3. The van der Waals surface area contributed by atoms with Crippen molar-refractivity contribution in [3.05, 3.63) is 12.2 Å². The van der Waals surface area contributed by atoms with Gasteiger partial charge in [-0.1, -0.05) is 0 Å². The van der Waals surface area contributed by atoms with Crippen LogP contribution >= 0.6 is 0 Å². The fraction of sp³-hybridized carbons (Fsp3) is 0.778. The average Bonchev–Trinajstić information content (AvgIpc) is 2.47. The van der Waals surface area contributed by atoms with Gasteiger partial charge in [0.2, 0.25) is 0 Å². The summed E-state index contributed by atoms with van der Waals surface area (Å²) >= 11 is 0. The van der Waals surface area contributed by atoms with E-state index < -0.39 is 0 Å². The smallest absolute Gasteiger partial charge is 0.133 e. The van der Waals surface area contributed by atoms with Crippen LogP contribution in [0.1, 0.15) is 33.0 Å². The minimum absolute atomic E-state index is 0.0629. The van der Waals surface area contributed by atoms with Gasteiger partial charge in [0.1, 0.15) is 12.2 Å². The van der Waals surface area contributed by atoms with Gasteiger partial charge in [0.25, 0.3) is 0 Å². The second kappa shape index (κ2) is 3.87. The maximum atomic E-state index is 5.45. The Labute approximate surface area is 79.2 Å². The van der Waals surface area contributed by atoms with Crippen molar-refractivity contribution in [3.63, 3.8) is 0 Å². The van der Waals surface area contributed by atoms with Crippen LogP contribution in [0.5, 0.6) is 0 Å². The highest BCUT2D eigenvalue weighted by molar-refractivity contribution is 4.92. The Hall–Kier alpha value is -0.900. The van der Waals surface area contributed by atoms with E-state index in [1.807, 2.05) is 0 Å². The minimum atomic E-state index is 0.0629. The van der Waals surface area contributed by atoms with Gasteiger partial charge in [0.15, 0.2) is 0 Å². The Kier molecular flexibility index (Phi) is 3.03. The van der Waals surface area contributed by atoms with E-state index in [1.54, 1.807) is 6.33 Å². The van der Waals surface area contributed by atoms with Crippen molar-refractivity contribution in [3.8, 4) is 0 Å². The lowest BCUT2D eigenvalue weighted by molar-refractivity contribution is 0.380. The van der Waals surface area contributed by atoms with Gasteiger partial charge >= 0.3 is 0 Å². The quantitative estimate of drug-likeness (QED) is 0.756. The molecular formula is C9H18N4. The number of hydrogen-bond acceptors (Lipinski definition) is 3. The van der Waals surface area contributed by atoms with Crippen molar-refractivity contribution in [2.75, 3.05) is 6.54 Å². The van der Waals surface area contributed by atoms with E-state index in [-0.39, 0.29) is 5.54 Å². The highest BCUT2D eigenvalue weighted by Crippen LogP contribution is 2.15. The van der Waals surface area contributed by atoms with E-state index in [9.17, 15) is 0 Å². The molecule has 74 valence electrons. The second-order valence-corrected chi connectivity index (χ2v) is 4.18. The number of aryl methyl sites for hydroxylation is 1. The van der Waals surface area contributed by atoms with Crippen LogP contribution in [0.4, 0.5) is 0 Å². The molecule has 2 N–H and O–H groups in total. The summed E-state index contributed by atoms with van der Waals surface area (Å²) in [6.45, 7) is 7.13. The molecule has 0 atom stereocenters. The summed E-state index contributed by atoms with van der Waals surface area (Å²) in [5, 5.41) is 7.99. The molecule has 1 aromatic heterocycles. The zero-order chi connectivity index (χ0) is 9.90. The third-order valence-corrected chi connectivity index (χ3v) is 1.95. The normalized spacial score (nSPS) is 12.0. The van der Waals surface area contributed by atoms with E-state index in [4.69, 9.17) is 5.73 Å². The largest absolute Gasteiger partial charge is 0.330 e. The molecule has 0 bridgehead atoms. The first-order valence-electron chi connectivity index (χ1n) is 4.65. The lowest BCUT2D eigenvalue weighted by Gasteiger charge is -2.22. The topological polar surface area (TPSA) is 56.7 Å². The van der Waals surface area contributed by atoms with Crippen molar-refractivity contribution in [1.29, 1.82) is 0 Å². The van der Waals surface area contributed by atoms with Gasteiger partial charge < -0.3 is 10.3 Å². The van der Waals surface area contributed by atoms with Crippen molar-refractivity contribution < 1.29 is 0 Å². The Bertz CT molecular complexity index is 259. The van der Waals surface area contributed by atoms with Gasteiger partial charge in [0, 0.05) is 12.0 Å². The maximum absolute atomic E-state index is 5.45. The lowest BCUT2D eigenvalue weighted by Crippen LogP contribution is -2.23. The van der Waals surface area contributed by atoms with Crippen LogP contribution < -0.4 is 5.73 Å². The van der Waals surface area contributed by atoms with Crippen molar-refractivity contribution >= 4 is 0 Å². The molecule has 0 spiro atoms. The third kappa shape index (κ3) is 2.52. The molecule has 0 aromatic carbocycles. The Balaban J connectivity index is 2.77. The summed E-state index contributed by atoms with van der Waals surface area (Å²) in [5.74, 6) is 1.03. The average molecular weight is 182 g/mol. The first-order chi connectivity index (χ1) is 6.05. The Morgan fingerprint density at radius 2 is 2.15 bits per heavy atom. The first-order valence-corrected chi connectivity index (χ1v) is 4.65. The molecule has 0 fully saturated rings. The molecule has 0 saturated heterocycles. The van der Waals surface area contributed by atoms with Crippen LogP contribution in [-0.2, 0) is 12.0 Å². The van der Waals surface area contributed by atoms with Crippen LogP contribution in [0.15, 0.2) is 6.33 Å². The van der Waals surface area contributed by atoms with E-state index in [2.05, 4.69) is 35.5 Å². The maximum Gasteiger partial charge on any atom is 0.133 e. The van der Waals surface area contributed by atoms with Gasteiger partial charge in [-0.05, 0) is 33.7 Å². The zero-order valence-electron chi connectivity index (χ0n) is 8.62. The number of rotatable bonds is 3. The molecule has 4 heteroatoms. The van der Waals surface area contributed by atoms with Crippen LogP contribution in [0, 0.1) is 0 Å². The second-order valence-electron chi connectivity index (χ2n) is 4.18. The predicted molar refractivity (Wildman–Crippen MR) is 52.4 cm³/mol. The Morgan fingerprint density at radius 3 is 2.69 bits per heavy atom. The fourth-order valence-electron chi connectivity index (χ4n) is 1.25. The summed E-state index contributed by atoms with van der Waals surface area (Å²) in [6.07, 6.45) is 3.66. The predicted octanol–water partition coefficient (Wildman–Crippen LogP) is 0.924. The van der Waals surface area contributed by atoms with E-state index in [0.29, 0.717) is 6.54 Å². The third-order valence-electron chi connectivity index (χ3n) is 1.95. The van der Waals surface area contributed by atoms with Crippen LogP contribution in [0.3, 0.4) is 0 Å². The molecule has 0 aliphatic carbocycles. The molecule has 0 unspecified atom stereocenters. The summed E-state index contributed by atoms with van der Waals surface area (Å²) in [6, 6.07) is 0. The van der Waals surface area contributed by atoms with Crippen molar-refractivity contribution in [1.82, 2.24) is 14.8 Å². The van der Waals surface area contributed by atoms with Crippen molar-refractivity contribution in [2.45, 2.75) is 39.2 Å². The summed E-state index contributed by atoms with van der Waals surface area (Å²) in [5.41, 5.74) is 5.51. The van der Waals surface area contributed by atoms with E-state index in [1.165, 1.54) is 0 Å². The molecule has 0 aliphatic heterocycles. The highest BCUT2D eigenvalue weighted by Gasteiger charge is 2.16. The van der Waals surface area contributed by atoms with Gasteiger partial charge in [-0.2, -0.15) is 0 Å². The standard InChI is InChI=1S/C9H18N4/c1-9(2,3)13-7-11-12-8(13)5-4-6-10/h7H,4-6,10H2,1-3H3. The van der Waals surface area contributed by atoms with Gasteiger partial charge in [-0.15, -0.1) is 10.2 Å². The van der Waals surface area contributed by atoms with Crippen LogP contribution in [0.2, 0.25) is 0 Å². The lowest BCUT2D eigenvalue weighted by atomic mass is 10.1. The molecule has 1 aromatic rings. The molecule has 0 amide bonds. The molecule has 0 radical (unpaired) electrons.